The predicted octanol–water partition coefficient (Wildman–Crippen LogP) is 5.12. The van der Waals surface area contributed by atoms with E-state index in [4.69, 9.17) is 0 Å². The molecule has 0 N–H and O–H groups in total. The molecule has 1 heteroatoms. The molecule has 0 saturated heterocycles. The minimum atomic E-state index is 0.392. The fourth-order valence-corrected chi connectivity index (χ4v) is 3.16. The minimum Gasteiger partial charge on any atom is -0.289 e. The van der Waals surface area contributed by atoms with Gasteiger partial charge in [0.25, 0.3) is 0 Å². The van der Waals surface area contributed by atoms with Gasteiger partial charge in [-0.2, -0.15) is 0 Å². The molecule has 1 nitrogen and oxygen atoms in total. The van der Waals surface area contributed by atoms with Crippen molar-refractivity contribution in [3.05, 3.63) is 22.8 Å². The van der Waals surface area contributed by atoms with Crippen molar-refractivity contribution in [1.82, 2.24) is 0 Å². The van der Waals surface area contributed by atoms with Crippen LogP contribution in [0.5, 0.6) is 0 Å². The van der Waals surface area contributed by atoms with Gasteiger partial charge in [-0.25, -0.2) is 0 Å². The molecule has 0 unspecified atom stereocenters. The summed E-state index contributed by atoms with van der Waals surface area (Å²) in [7, 11) is 0. The van der Waals surface area contributed by atoms with E-state index in [0.29, 0.717) is 5.78 Å². The van der Waals surface area contributed by atoms with Crippen LogP contribution in [0, 0.1) is 0 Å². The molecule has 0 spiro atoms. The van der Waals surface area contributed by atoms with Crippen LogP contribution in [0.15, 0.2) is 22.8 Å². The zero-order valence-corrected chi connectivity index (χ0v) is 11.8. The van der Waals surface area contributed by atoms with Crippen molar-refractivity contribution in [2.24, 2.45) is 0 Å². The lowest BCUT2D eigenvalue weighted by Crippen LogP contribution is -2.03. The molecule has 2 fully saturated rings. The average Bonchev–Trinajstić information content (AvgIpc) is 2.77. The Hall–Kier alpha value is -0.850. The summed E-state index contributed by atoms with van der Waals surface area (Å²) in [5.41, 5.74) is 3.79. The highest BCUT2D eigenvalue weighted by molar-refractivity contribution is 6.11. The third kappa shape index (κ3) is 3.34. The van der Waals surface area contributed by atoms with Gasteiger partial charge in [0.2, 0.25) is 0 Å². The maximum atomic E-state index is 12.3. The summed E-state index contributed by atoms with van der Waals surface area (Å²) in [5, 5.41) is 0. The van der Waals surface area contributed by atoms with E-state index in [9.17, 15) is 4.79 Å². The molecule has 2 saturated carbocycles. The Bertz CT molecular complexity index is 352. The molecular weight excluding hydrogens is 220 g/mol. The molecule has 0 aliphatic heterocycles. The zero-order valence-electron chi connectivity index (χ0n) is 11.8. The molecule has 2 aliphatic carbocycles. The molecule has 0 atom stereocenters. The van der Waals surface area contributed by atoms with E-state index < -0.39 is 0 Å². The molecule has 2 rings (SSSR count). The number of rotatable bonds is 4. The SMILES string of the molecule is CCCCCC=C1CCC(=C2CCCCC2)C1=O. The molecule has 18 heavy (non-hydrogen) atoms. The van der Waals surface area contributed by atoms with Crippen molar-refractivity contribution in [3.63, 3.8) is 0 Å². The van der Waals surface area contributed by atoms with E-state index in [-0.39, 0.29) is 0 Å². The maximum absolute atomic E-state index is 12.3. The first-order chi connectivity index (χ1) is 8.83. The molecule has 0 heterocycles. The van der Waals surface area contributed by atoms with Gasteiger partial charge in [-0.1, -0.05) is 37.8 Å². The number of unbranched alkanes of at least 4 members (excludes halogenated alkanes) is 3. The number of hydrogen-bond acceptors (Lipinski definition) is 1. The molecule has 0 bridgehead atoms. The van der Waals surface area contributed by atoms with Crippen LogP contribution in [0.2, 0.25) is 0 Å². The summed E-state index contributed by atoms with van der Waals surface area (Å²) in [6.45, 7) is 2.22. The maximum Gasteiger partial charge on any atom is 0.184 e. The summed E-state index contributed by atoms with van der Waals surface area (Å²) in [4.78, 5) is 12.3. The van der Waals surface area contributed by atoms with Crippen LogP contribution in [0.25, 0.3) is 0 Å². The van der Waals surface area contributed by atoms with Gasteiger partial charge in [-0.3, -0.25) is 4.79 Å². The fraction of sp³-hybridized carbons (Fsp3) is 0.706. The number of carbonyl (C=O) groups is 1. The van der Waals surface area contributed by atoms with Crippen LogP contribution in [0.3, 0.4) is 0 Å². The first-order valence-electron chi connectivity index (χ1n) is 7.77. The standard InChI is InChI=1S/C17H26O/c1-2-3-4-6-11-15-12-13-16(17(15)18)14-9-7-5-8-10-14/h11H,2-10,12-13H2,1H3. The average molecular weight is 246 g/mol. The van der Waals surface area contributed by atoms with Crippen LogP contribution in [0.4, 0.5) is 0 Å². The molecule has 0 radical (unpaired) electrons. The predicted molar refractivity (Wildman–Crippen MR) is 76.6 cm³/mol. The second kappa shape index (κ2) is 6.92. The van der Waals surface area contributed by atoms with E-state index in [1.165, 1.54) is 62.5 Å². The highest BCUT2D eigenvalue weighted by Crippen LogP contribution is 2.35. The lowest BCUT2D eigenvalue weighted by Gasteiger charge is -2.15. The van der Waals surface area contributed by atoms with Gasteiger partial charge >= 0.3 is 0 Å². The Kier molecular flexibility index (Phi) is 5.22. The van der Waals surface area contributed by atoms with Crippen molar-refractivity contribution < 1.29 is 4.79 Å². The van der Waals surface area contributed by atoms with Crippen LogP contribution in [-0.4, -0.2) is 5.78 Å². The van der Waals surface area contributed by atoms with Crippen LogP contribution in [0.1, 0.15) is 77.6 Å². The quantitative estimate of drug-likeness (QED) is 0.497. The first-order valence-corrected chi connectivity index (χ1v) is 7.77. The smallest absolute Gasteiger partial charge is 0.184 e. The Labute approximate surface area is 111 Å². The zero-order chi connectivity index (χ0) is 12.8. The second-order valence-corrected chi connectivity index (χ2v) is 5.70. The van der Waals surface area contributed by atoms with Gasteiger partial charge in [-0.15, -0.1) is 0 Å². The van der Waals surface area contributed by atoms with E-state index in [0.717, 1.165) is 24.8 Å². The molecule has 2 aliphatic rings. The molecule has 0 aromatic rings. The van der Waals surface area contributed by atoms with Crippen molar-refractivity contribution in [2.45, 2.75) is 77.6 Å². The molecule has 0 amide bonds. The number of carbonyl (C=O) groups excluding carboxylic acids is 1. The van der Waals surface area contributed by atoms with E-state index in [1.807, 2.05) is 0 Å². The van der Waals surface area contributed by atoms with Gasteiger partial charge in [-0.05, 0) is 62.5 Å². The molecule has 100 valence electrons. The number of hydrogen-bond donors (Lipinski definition) is 0. The van der Waals surface area contributed by atoms with E-state index >= 15 is 0 Å². The van der Waals surface area contributed by atoms with Gasteiger partial charge in [0.05, 0.1) is 0 Å². The third-order valence-electron chi connectivity index (χ3n) is 4.29. The normalized spacial score (nSPS) is 23.2. The van der Waals surface area contributed by atoms with Crippen LogP contribution >= 0.6 is 0 Å². The van der Waals surface area contributed by atoms with Crippen LogP contribution in [-0.2, 0) is 4.79 Å². The topological polar surface area (TPSA) is 17.1 Å². The molecular formula is C17H26O. The number of ketones is 1. The van der Waals surface area contributed by atoms with Gasteiger partial charge in [0.15, 0.2) is 5.78 Å². The monoisotopic (exact) mass is 246 g/mol. The van der Waals surface area contributed by atoms with E-state index in [2.05, 4.69) is 13.0 Å². The highest BCUT2D eigenvalue weighted by atomic mass is 16.1. The minimum absolute atomic E-state index is 0.392. The Balaban J connectivity index is 1.96. The molecule has 0 aromatic carbocycles. The third-order valence-corrected chi connectivity index (χ3v) is 4.29. The number of Topliss-reactive ketones (excluding diaryl/α,β-unsaturated/α-hetero) is 1. The summed E-state index contributed by atoms with van der Waals surface area (Å²) in [6, 6.07) is 0. The van der Waals surface area contributed by atoms with Crippen molar-refractivity contribution >= 4 is 5.78 Å². The highest BCUT2D eigenvalue weighted by Gasteiger charge is 2.26. The second-order valence-electron chi connectivity index (χ2n) is 5.70. The largest absolute Gasteiger partial charge is 0.289 e. The van der Waals surface area contributed by atoms with Gasteiger partial charge in [0.1, 0.15) is 0 Å². The van der Waals surface area contributed by atoms with Gasteiger partial charge in [0, 0.05) is 0 Å². The lowest BCUT2D eigenvalue weighted by molar-refractivity contribution is -0.111. The number of allylic oxidation sites excluding steroid dienone is 4. The van der Waals surface area contributed by atoms with Crippen molar-refractivity contribution in [3.8, 4) is 0 Å². The van der Waals surface area contributed by atoms with Crippen molar-refractivity contribution in [1.29, 1.82) is 0 Å². The summed E-state index contributed by atoms with van der Waals surface area (Å²) >= 11 is 0. The summed E-state index contributed by atoms with van der Waals surface area (Å²) < 4.78 is 0. The lowest BCUT2D eigenvalue weighted by atomic mass is 9.90. The van der Waals surface area contributed by atoms with E-state index in [1.54, 1.807) is 0 Å². The Morgan fingerprint density at radius 1 is 1.00 bits per heavy atom. The molecule has 0 aromatic heterocycles. The van der Waals surface area contributed by atoms with Gasteiger partial charge < -0.3 is 0 Å². The van der Waals surface area contributed by atoms with Crippen LogP contribution < -0.4 is 0 Å². The Morgan fingerprint density at radius 3 is 2.50 bits per heavy atom. The van der Waals surface area contributed by atoms with Crippen molar-refractivity contribution in [2.75, 3.05) is 0 Å². The fourth-order valence-electron chi connectivity index (χ4n) is 3.16. The summed E-state index contributed by atoms with van der Waals surface area (Å²) in [5.74, 6) is 0.392. The first kappa shape index (κ1) is 13.6. The summed E-state index contributed by atoms with van der Waals surface area (Å²) in [6.07, 6.45) is 15.4. The Morgan fingerprint density at radius 2 is 1.78 bits per heavy atom.